The second-order valence-corrected chi connectivity index (χ2v) is 9.67. The maximum absolute atomic E-state index is 13.7. The molecule has 0 aliphatic heterocycles. The molecule has 0 bridgehead atoms. The number of ether oxygens (including phenoxy) is 2. The number of likely N-dealkylation sites (N-methyl/N-ethyl adjacent to an activating group) is 1. The van der Waals surface area contributed by atoms with Crippen LogP contribution in [0, 0.1) is 6.92 Å². The molecule has 1 amide bonds. The predicted molar refractivity (Wildman–Crippen MR) is 120 cm³/mol. The molecule has 7 nitrogen and oxygen atoms in total. The molecule has 2 aromatic carbocycles. The zero-order chi connectivity index (χ0) is 22.6. The van der Waals surface area contributed by atoms with Crippen molar-refractivity contribution in [3.8, 4) is 11.5 Å². The van der Waals surface area contributed by atoms with Crippen molar-refractivity contribution in [3.63, 3.8) is 0 Å². The Morgan fingerprint density at radius 2 is 1.68 bits per heavy atom. The Morgan fingerprint density at radius 3 is 2.26 bits per heavy atom. The fourth-order valence-corrected chi connectivity index (χ4v) is 5.27. The van der Waals surface area contributed by atoms with E-state index in [0.29, 0.717) is 11.5 Å². The minimum absolute atomic E-state index is 0.110. The number of aryl methyl sites for hydroxylation is 1. The zero-order valence-corrected chi connectivity index (χ0v) is 19.3. The van der Waals surface area contributed by atoms with Gasteiger partial charge < -0.3 is 14.4 Å². The summed E-state index contributed by atoms with van der Waals surface area (Å²) in [6.45, 7) is 1.56. The van der Waals surface area contributed by atoms with Gasteiger partial charge in [-0.05, 0) is 44.0 Å². The van der Waals surface area contributed by atoms with Crippen molar-refractivity contribution in [2.45, 2.75) is 43.5 Å². The van der Waals surface area contributed by atoms with Gasteiger partial charge in [-0.1, -0.05) is 30.5 Å². The average molecular weight is 447 g/mol. The summed E-state index contributed by atoms with van der Waals surface area (Å²) in [6, 6.07) is 11.6. The molecule has 0 aromatic heterocycles. The summed E-state index contributed by atoms with van der Waals surface area (Å²) in [5.41, 5.74) is 1.21. The van der Waals surface area contributed by atoms with E-state index >= 15 is 0 Å². The Hall–Kier alpha value is -2.74. The van der Waals surface area contributed by atoms with Crippen LogP contribution in [0.25, 0.3) is 0 Å². The summed E-state index contributed by atoms with van der Waals surface area (Å²) in [5, 5.41) is 0. The molecule has 1 saturated carbocycles. The van der Waals surface area contributed by atoms with Crippen molar-refractivity contribution in [2.75, 3.05) is 32.1 Å². The lowest BCUT2D eigenvalue weighted by atomic mass is 10.2. The van der Waals surface area contributed by atoms with Crippen LogP contribution in [0.5, 0.6) is 11.5 Å². The van der Waals surface area contributed by atoms with Crippen LogP contribution >= 0.6 is 0 Å². The van der Waals surface area contributed by atoms with E-state index in [0.717, 1.165) is 35.6 Å². The summed E-state index contributed by atoms with van der Waals surface area (Å²) in [4.78, 5) is 14.9. The van der Waals surface area contributed by atoms with E-state index < -0.39 is 10.0 Å². The monoisotopic (exact) mass is 446 g/mol. The number of amides is 1. The summed E-state index contributed by atoms with van der Waals surface area (Å²) >= 11 is 0. The SMILES string of the molecule is COc1ccc(OC)c(N(CC(=O)N(C)C2CCCC2)S(=O)(=O)c2ccc(C)cc2)c1. The molecular formula is C23H30N2O5S. The van der Waals surface area contributed by atoms with Gasteiger partial charge in [0.15, 0.2) is 0 Å². The molecule has 0 N–H and O–H groups in total. The van der Waals surface area contributed by atoms with Crippen molar-refractivity contribution >= 4 is 21.6 Å². The highest BCUT2D eigenvalue weighted by molar-refractivity contribution is 7.92. The van der Waals surface area contributed by atoms with E-state index in [1.165, 1.54) is 14.2 Å². The Balaban J connectivity index is 2.05. The standard InChI is InChI=1S/C23H30N2O5S/c1-17-9-12-20(13-10-17)31(27,28)25(16-23(26)24(2)18-7-5-6-8-18)21-15-19(29-3)11-14-22(21)30-4/h9-15,18H,5-8,16H2,1-4H3. The van der Waals surface area contributed by atoms with Gasteiger partial charge in [0, 0.05) is 19.2 Å². The molecule has 2 aromatic rings. The largest absolute Gasteiger partial charge is 0.497 e. The van der Waals surface area contributed by atoms with Gasteiger partial charge in [-0.2, -0.15) is 0 Å². The molecule has 168 valence electrons. The van der Waals surface area contributed by atoms with Crippen LogP contribution in [-0.2, 0) is 14.8 Å². The highest BCUT2D eigenvalue weighted by atomic mass is 32.2. The number of carbonyl (C=O) groups is 1. The number of hydrogen-bond donors (Lipinski definition) is 0. The second-order valence-electron chi connectivity index (χ2n) is 7.81. The van der Waals surface area contributed by atoms with Crippen LogP contribution in [0.3, 0.4) is 0 Å². The first-order chi connectivity index (χ1) is 14.8. The Morgan fingerprint density at radius 1 is 1.03 bits per heavy atom. The topological polar surface area (TPSA) is 76.2 Å². The lowest BCUT2D eigenvalue weighted by Crippen LogP contribution is -2.44. The minimum atomic E-state index is -4.03. The van der Waals surface area contributed by atoms with E-state index in [1.54, 1.807) is 54.4 Å². The normalized spacial score (nSPS) is 14.3. The summed E-state index contributed by atoms with van der Waals surface area (Å²) < 4.78 is 39.1. The molecule has 8 heteroatoms. The number of nitrogens with zero attached hydrogens (tertiary/aromatic N) is 2. The highest BCUT2D eigenvalue weighted by Crippen LogP contribution is 2.36. The summed E-state index contributed by atoms with van der Waals surface area (Å²) in [6.07, 6.45) is 4.04. The summed E-state index contributed by atoms with van der Waals surface area (Å²) in [5.74, 6) is 0.553. The number of carbonyl (C=O) groups excluding carboxylic acids is 1. The maximum atomic E-state index is 13.7. The molecule has 3 rings (SSSR count). The predicted octanol–water partition coefficient (Wildman–Crippen LogP) is 3.61. The number of methoxy groups -OCH3 is 2. The van der Waals surface area contributed by atoms with Crippen LogP contribution in [0.2, 0.25) is 0 Å². The smallest absolute Gasteiger partial charge is 0.264 e. The van der Waals surface area contributed by atoms with Crippen molar-refractivity contribution in [1.82, 2.24) is 4.90 Å². The van der Waals surface area contributed by atoms with Gasteiger partial charge >= 0.3 is 0 Å². The van der Waals surface area contributed by atoms with Crippen molar-refractivity contribution in [2.24, 2.45) is 0 Å². The number of anilines is 1. The Bertz CT molecular complexity index is 1010. The lowest BCUT2D eigenvalue weighted by Gasteiger charge is -2.30. The number of benzene rings is 2. The molecule has 31 heavy (non-hydrogen) atoms. The highest BCUT2D eigenvalue weighted by Gasteiger charge is 2.32. The molecule has 0 saturated heterocycles. The van der Waals surface area contributed by atoms with Gasteiger partial charge in [-0.15, -0.1) is 0 Å². The lowest BCUT2D eigenvalue weighted by molar-refractivity contribution is -0.130. The van der Waals surface area contributed by atoms with Crippen molar-refractivity contribution in [1.29, 1.82) is 0 Å². The first-order valence-electron chi connectivity index (χ1n) is 10.3. The Labute approximate surface area is 184 Å². The third-order valence-corrected chi connectivity index (χ3v) is 7.58. The van der Waals surface area contributed by atoms with E-state index in [-0.39, 0.29) is 29.1 Å². The number of rotatable bonds is 8. The van der Waals surface area contributed by atoms with Crippen molar-refractivity contribution < 1.29 is 22.7 Å². The van der Waals surface area contributed by atoms with Gasteiger partial charge in [0.05, 0.1) is 24.8 Å². The van der Waals surface area contributed by atoms with Crippen LogP contribution < -0.4 is 13.8 Å². The quantitative estimate of drug-likeness (QED) is 0.619. The fraction of sp³-hybridized carbons (Fsp3) is 0.435. The van der Waals surface area contributed by atoms with Gasteiger partial charge in [0.2, 0.25) is 5.91 Å². The minimum Gasteiger partial charge on any atom is -0.497 e. The van der Waals surface area contributed by atoms with Gasteiger partial charge in [0.1, 0.15) is 18.0 Å². The first kappa shape index (κ1) is 22.9. The molecule has 0 atom stereocenters. The van der Waals surface area contributed by atoms with Crippen LogP contribution in [0.1, 0.15) is 31.2 Å². The average Bonchev–Trinajstić information content (AvgIpc) is 3.31. The van der Waals surface area contributed by atoms with E-state index in [2.05, 4.69) is 0 Å². The molecule has 1 aliphatic carbocycles. The molecule has 0 radical (unpaired) electrons. The molecule has 0 spiro atoms. The van der Waals surface area contributed by atoms with E-state index in [9.17, 15) is 13.2 Å². The third-order valence-electron chi connectivity index (χ3n) is 5.81. The third kappa shape index (κ3) is 4.95. The van der Waals surface area contributed by atoms with Crippen LogP contribution in [0.15, 0.2) is 47.4 Å². The van der Waals surface area contributed by atoms with Crippen LogP contribution in [-0.4, -0.2) is 53.1 Å². The molecule has 0 unspecified atom stereocenters. The van der Waals surface area contributed by atoms with E-state index in [4.69, 9.17) is 9.47 Å². The van der Waals surface area contributed by atoms with Gasteiger partial charge in [-0.25, -0.2) is 8.42 Å². The molecule has 1 aliphatic rings. The number of hydrogen-bond acceptors (Lipinski definition) is 5. The summed E-state index contributed by atoms with van der Waals surface area (Å²) in [7, 11) is 0.688. The number of sulfonamides is 1. The van der Waals surface area contributed by atoms with Gasteiger partial charge in [-0.3, -0.25) is 9.10 Å². The fourth-order valence-electron chi connectivity index (χ4n) is 3.86. The second kappa shape index (κ2) is 9.60. The first-order valence-corrected chi connectivity index (χ1v) is 11.8. The molecule has 1 fully saturated rings. The molecule has 0 heterocycles. The van der Waals surface area contributed by atoms with Crippen molar-refractivity contribution in [3.05, 3.63) is 48.0 Å². The zero-order valence-electron chi connectivity index (χ0n) is 18.5. The van der Waals surface area contributed by atoms with E-state index in [1.807, 2.05) is 6.92 Å². The van der Waals surface area contributed by atoms with Crippen LogP contribution in [0.4, 0.5) is 5.69 Å². The maximum Gasteiger partial charge on any atom is 0.264 e. The Kier molecular flexibility index (Phi) is 7.10. The molecular weight excluding hydrogens is 416 g/mol. The van der Waals surface area contributed by atoms with Gasteiger partial charge in [0.25, 0.3) is 10.0 Å².